The fourth-order valence-electron chi connectivity index (χ4n) is 1.48. The Hall–Kier alpha value is -1.34. The number of nitriles is 1. The second kappa shape index (κ2) is 3.58. The van der Waals surface area contributed by atoms with Crippen molar-refractivity contribution in [3.8, 4) is 6.07 Å². The van der Waals surface area contributed by atoms with E-state index in [1.807, 2.05) is 20.9 Å². The molecule has 1 unspecified atom stereocenters. The monoisotopic (exact) mass is 178 g/mol. The third-order valence-corrected chi connectivity index (χ3v) is 2.27. The molecule has 4 nitrogen and oxygen atoms in total. The van der Waals surface area contributed by atoms with E-state index in [2.05, 4.69) is 16.5 Å². The van der Waals surface area contributed by atoms with Gasteiger partial charge in [0.25, 0.3) is 0 Å². The molecule has 1 N–H and O–H groups in total. The molecule has 0 spiro atoms. The average molecular weight is 178 g/mol. The fraction of sp³-hybridized carbons (Fsp3) is 0.556. The van der Waals surface area contributed by atoms with Crippen LogP contribution < -0.4 is 5.32 Å². The highest BCUT2D eigenvalue weighted by atomic mass is 15.3. The average Bonchev–Trinajstić information content (AvgIpc) is 2.34. The Morgan fingerprint density at radius 2 is 2.15 bits per heavy atom. The van der Waals surface area contributed by atoms with Crippen molar-refractivity contribution in [2.24, 2.45) is 7.05 Å². The van der Waals surface area contributed by atoms with E-state index in [1.54, 1.807) is 11.7 Å². The topological polar surface area (TPSA) is 53.6 Å². The summed E-state index contributed by atoms with van der Waals surface area (Å²) >= 11 is 0. The van der Waals surface area contributed by atoms with E-state index >= 15 is 0 Å². The van der Waals surface area contributed by atoms with Gasteiger partial charge in [-0.25, -0.2) is 0 Å². The standard InChI is InChI=1S/C9H14N4/c1-6-9(8(5-10)11-3)7(2)13(4)12-6/h8,11H,1-4H3. The molecule has 1 heterocycles. The molecule has 0 amide bonds. The minimum Gasteiger partial charge on any atom is -0.301 e. The zero-order chi connectivity index (χ0) is 10.0. The van der Waals surface area contributed by atoms with Crippen molar-refractivity contribution in [3.63, 3.8) is 0 Å². The highest BCUT2D eigenvalue weighted by molar-refractivity contribution is 5.31. The van der Waals surface area contributed by atoms with Gasteiger partial charge < -0.3 is 5.32 Å². The summed E-state index contributed by atoms with van der Waals surface area (Å²) in [4.78, 5) is 0. The molecule has 1 aromatic heterocycles. The van der Waals surface area contributed by atoms with E-state index in [4.69, 9.17) is 5.26 Å². The van der Waals surface area contributed by atoms with Gasteiger partial charge in [0, 0.05) is 18.3 Å². The van der Waals surface area contributed by atoms with Crippen molar-refractivity contribution in [1.82, 2.24) is 15.1 Å². The summed E-state index contributed by atoms with van der Waals surface area (Å²) in [7, 11) is 3.66. The first-order valence-electron chi connectivity index (χ1n) is 4.18. The number of rotatable bonds is 2. The second-order valence-electron chi connectivity index (χ2n) is 3.06. The smallest absolute Gasteiger partial charge is 0.124 e. The quantitative estimate of drug-likeness (QED) is 0.729. The maximum atomic E-state index is 8.89. The number of hydrogen-bond donors (Lipinski definition) is 1. The van der Waals surface area contributed by atoms with Crippen LogP contribution in [0.3, 0.4) is 0 Å². The summed E-state index contributed by atoms with van der Waals surface area (Å²) in [6.07, 6.45) is 0. The van der Waals surface area contributed by atoms with Gasteiger partial charge in [-0.05, 0) is 20.9 Å². The van der Waals surface area contributed by atoms with Crippen molar-refractivity contribution in [2.45, 2.75) is 19.9 Å². The van der Waals surface area contributed by atoms with Gasteiger partial charge >= 0.3 is 0 Å². The molecule has 1 aromatic rings. The molecule has 13 heavy (non-hydrogen) atoms. The largest absolute Gasteiger partial charge is 0.301 e. The molecule has 1 atom stereocenters. The van der Waals surface area contributed by atoms with Crippen molar-refractivity contribution in [1.29, 1.82) is 5.26 Å². The number of nitrogens with zero attached hydrogens (tertiary/aromatic N) is 3. The first kappa shape index (κ1) is 9.75. The molecule has 1 rings (SSSR count). The van der Waals surface area contributed by atoms with Crippen LogP contribution in [0.2, 0.25) is 0 Å². The molecular weight excluding hydrogens is 164 g/mol. The number of hydrogen-bond acceptors (Lipinski definition) is 3. The Morgan fingerprint density at radius 3 is 2.46 bits per heavy atom. The Kier molecular flexibility index (Phi) is 2.69. The summed E-state index contributed by atoms with van der Waals surface area (Å²) in [5.74, 6) is 0. The van der Waals surface area contributed by atoms with E-state index in [0.717, 1.165) is 17.0 Å². The predicted octanol–water partition coefficient (Wildman–Crippen LogP) is 0.821. The van der Waals surface area contributed by atoms with Crippen LogP contribution >= 0.6 is 0 Å². The van der Waals surface area contributed by atoms with Gasteiger partial charge in [0.1, 0.15) is 6.04 Å². The lowest BCUT2D eigenvalue weighted by atomic mass is 10.1. The van der Waals surface area contributed by atoms with Crippen molar-refractivity contribution < 1.29 is 0 Å². The Balaban J connectivity index is 3.21. The predicted molar refractivity (Wildman–Crippen MR) is 50.1 cm³/mol. The van der Waals surface area contributed by atoms with Crippen LogP contribution in [-0.2, 0) is 7.05 Å². The number of aromatic nitrogens is 2. The molecule has 0 fully saturated rings. The molecule has 70 valence electrons. The van der Waals surface area contributed by atoms with Crippen LogP contribution in [0.4, 0.5) is 0 Å². The van der Waals surface area contributed by atoms with Gasteiger partial charge in [0.15, 0.2) is 0 Å². The third kappa shape index (κ3) is 1.56. The molecule has 0 bridgehead atoms. The molecule has 4 heteroatoms. The first-order chi connectivity index (χ1) is 6.11. The molecular formula is C9H14N4. The van der Waals surface area contributed by atoms with Crippen LogP contribution in [-0.4, -0.2) is 16.8 Å². The van der Waals surface area contributed by atoms with Crippen molar-refractivity contribution in [3.05, 3.63) is 17.0 Å². The zero-order valence-electron chi connectivity index (χ0n) is 8.42. The van der Waals surface area contributed by atoms with Gasteiger partial charge in [-0.15, -0.1) is 0 Å². The van der Waals surface area contributed by atoms with Crippen LogP contribution in [0.5, 0.6) is 0 Å². The molecule has 0 aromatic carbocycles. The van der Waals surface area contributed by atoms with Crippen LogP contribution in [0.1, 0.15) is 23.0 Å². The molecule has 0 aliphatic heterocycles. The lowest BCUT2D eigenvalue weighted by Crippen LogP contribution is -2.15. The summed E-state index contributed by atoms with van der Waals surface area (Å²) in [5.41, 5.74) is 2.95. The minimum absolute atomic E-state index is 0.256. The molecule has 0 aliphatic rings. The van der Waals surface area contributed by atoms with Gasteiger partial charge in [0.05, 0.1) is 11.8 Å². The summed E-state index contributed by atoms with van der Waals surface area (Å²) in [6, 6.07) is 1.94. The lowest BCUT2D eigenvalue weighted by molar-refractivity contribution is 0.706. The fourth-order valence-corrected chi connectivity index (χ4v) is 1.48. The molecule has 0 saturated heterocycles. The maximum absolute atomic E-state index is 8.89. The second-order valence-corrected chi connectivity index (χ2v) is 3.06. The maximum Gasteiger partial charge on any atom is 0.124 e. The van der Waals surface area contributed by atoms with Gasteiger partial charge in [-0.1, -0.05) is 0 Å². The van der Waals surface area contributed by atoms with Gasteiger partial charge in [0.2, 0.25) is 0 Å². The van der Waals surface area contributed by atoms with Gasteiger partial charge in [-0.3, -0.25) is 4.68 Å². The van der Waals surface area contributed by atoms with Crippen molar-refractivity contribution >= 4 is 0 Å². The van der Waals surface area contributed by atoms with E-state index < -0.39 is 0 Å². The lowest BCUT2D eigenvalue weighted by Gasteiger charge is -2.07. The van der Waals surface area contributed by atoms with E-state index in [1.165, 1.54) is 0 Å². The molecule has 0 radical (unpaired) electrons. The van der Waals surface area contributed by atoms with E-state index in [9.17, 15) is 0 Å². The van der Waals surface area contributed by atoms with Crippen LogP contribution in [0.25, 0.3) is 0 Å². The highest BCUT2D eigenvalue weighted by Gasteiger charge is 2.17. The van der Waals surface area contributed by atoms with Crippen molar-refractivity contribution in [2.75, 3.05) is 7.05 Å². The van der Waals surface area contributed by atoms with Gasteiger partial charge in [-0.2, -0.15) is 10.4 Å². The van der Waals surface area contributed by atoms with E-state index in [0.29, 0.717) is 0 Å². The number of aryl methyl sites for hydroxylation is 2. The zero-order valence-corrected chi connectivity index (χ0v) is 8.42. The summed E-state index contributed by atoms with van der Waals surface area (Å²) < 4.78 is 1.80. The Bertz CT molecular complexity index is 345. The van der Waals surface area contributed by atoms with E-state index in [-0.39, 0.29) is 6.04 Å². The minimum atomic E-state index is -0.256. The van der Waals surface area contributed by atoms with Crippen LogP contribution in [0.15, 0.2) is 0 Å². The number of nitrogens with one attached hydrogen (secondary N) is 1. The Morgan fingerprint density at radius 1 is 1.54 bits per heavy atom. The summed E-state index contributed by atoms with van der Waals surface area (Å²) in [6.45, 7) is 3.89. The van der Waals surface area contributed by atoms with Crippen LogP contribution in [0, 0.1) is 25.2 Å². The molecule has 0 aliphatic carbocycles. The first-order valence-corrected chi connectivity index (χ1v) is 4.18. The SMILES string of the molecule is CNC(C#N)c1c(C)nn(C)c1C. The highest BCUT2D eigenvalue weighted by Crippen LogP contribution is 2.19. The summed E-state index contributed by atoms with van der Waals surface area (Å²) in [5, 5.41) is 16.1. The third-order valence-electron chi connectivity index (χ3n) is 2.27. The Labute approximate surface area is 78.2 Å². The molecule has 0 saturated carbocycles. The normalized spacial score (nSPS) is 12.5.